The van der Waals surface area contributed by atoms with Crippen molar-refractivity contribution in [1.29, 1.82) is 0 Å². The number of primary amides is 1. The first-order chi connectivity index (χ1) is 17.5. The van der Waals surface area contributed by atoms with Crippen LogP contribution in [0.3, 0.4) is 0 Å². The van der Waals surface area contributed by atoms with Crippen molar-refractivity contribution < 1.29 is 19.4 Å². The van der Waals surface area contributed by atoms with Gasteiger partial charge in [-0.25, -0.2) is 0 Å². The van der Waals surface area contributed by atoms with E-state index in [2.05, 4.69) is 37.0 Å². The van der Waals surface area contributed by atoms with Crippen LogP contribution in [0.25, 0.3) is 10.9 Å². The van der Waals surface area contributed by atoms with Crippen LogP contribution in [0.4, 0.5) is 0 Å². The van der Waals surface area contributed by atoms with E-state index in [1.54, 1.807) is 0 Å². The Bertz CT molecular complexity index is 1200. The number of benzene rings is 2. The topological polar surface area (TPSA) is 98.7 Å². The van der Waals surface area contributed by atoms with Crippen LogP contribution in [0.5, 0.6) is 11.5 Å². The standard InChI is InChI=1S/C29H37N3O4/c1-3-5-21-6-9-26(27(19-21)36-24-7-8-24)35-15-11-31-20(2)16-22-17-23-10-13-32(12-4-14-33)28(23)25(18-22)29(30)34/h3,6,9-10,13,17-20,24,31,33H,1,4-5,7-8,11-12,14-16H2,2H3,(H2,30,34). The molecule has 1 atom stereocenters. The van der Waals surface area contributed by atoms with Crippen LogP contribution in [-0.4, -0.2) is 47.5 Å². The number of fused-ring (bicyclic) bond motifs is 1. The largest absolute Gasteiger partial charge is 0.488 e. The number of nitrogens with two attached hydrogens (primary N) is 1. The molecule has 1 aliphatic rings. The molecule has 36 heavy (non-hydrogen) atoms. The summed E-state index contributed by atoms with van der Waals surface area (Å²) in [6.07, 6.45) is 8.52. The Morgan fingerprint density at radius 1 is 1.25 bits per heavy atom. The van der Waals surface area contributed by atoms with E-state index in [1.165, 1.54) is 0 Å². The zero-order valence-electron chi connectivity index (χ0n) is 21.0. The molecule has 1 heterocycles. The summed E-state index contributed by atoms with van der Waals surface area (Å²) in [5.74, 6) is 1.14. The van der Waals surface area contributed by atoms with Crippen LogP contribution in [0.2, 0.25) is 0 Å². The van der Waals surface area contributed by atoms with Crippen molar-refractivity contribution in [1.82, 2.24) is 9.88 Å². The summed E-state index contributed by atoms with van der Waals surface area (Å²) >= 11 is 0. The molecule has 1 aliphatic carbocycles. The van der Waals surface area contributed by atoms with Gasteiger partial charge in [0.05, 0.1) is 17.2 Å². The van der Waals surface area contributed by atoms with Crippen molar-refractivity contribution in [3.05, 3.63) is 71.9 Å². The second-order valence-electron chi connectivity index (χ2n) is 9.53. The molecule has 3 aromatic rings. The van der Waals surface area contributed by atoms with Crippen LogP contribution in [0.1, 0.15) is 47.7 Å². The maximum Gasteiger partial charge on any atom is 0.250 e. The van der Waals surface area contributed by atoms with Gasteiger partial charge in [-0.3, -0.25) is 4.79 Å². The molecule has 4 rings (SSSR count). The molecule has 7 heteroatoms. The quantitative estimate of drug-likeness (QED) is 0.221. The third-order valence-electron chi connectivity index (χ3n) is 6.34. The van der Waals surface area contributed by atoms with Crippen LogP contribution < -0.4 is 20.5 Å². The molecule has 7 nitrogen and oxygen atoms in total. The average Bonchev–Trinajstić information content (AvgIpc) is 3.58. The van der Waals surface area contributed by atoms with Gasteiger partial charge in [0.2, 0.25) is 0 Å². The number of carbonyl (C=O) groups excluding carboxylic acids is 1. The van der Waals surface area contributed by atoms with Gasteiger partial charge in [-0.2, -0.15) is 0 Å². The summed E-state index contributed by atoms with van der Waals surface area (Å²) < 4.78 is 14.1. The van der Waals surface area contributed by atoms with Crippen molar-refractivity contribution >= 4 is 16.8 Å². The Kier molecular flexibility index (Phi) is 8.67. The maximum absolute atomic E-state index is 12.2. The van der Waals surface area contributed by atoms with Crippen LogP contribution >= 0.6 is 0 Å². The number of aryl methyl sites for hydroxylation is 1. The van der Waals surface area contributed by atoms with Crippen LogP contribution in [0.15, 0.2) is 55.3 Å². The minimum absolute atomic E-state index is 0.103. The molecular formula is C29H37N3O4. The highest BCUT2D eigenvalue weighted by Gasteiger charge is 2.25. The number of aliphatic hydroxyl groups excluding tert-OH is 1. The van der Waals surface area contributed by atoms with E-state index in [-0.39, 0.29) is 12.6 Å². The van der Waals surface area contributed by atoms with E-state index in [0.29, 0.717) is 37.8 Å². The molecule has 0 radical (unpaired) electrons. The second kappa shape index (κ2) is 12.1. The number of rotatable bonds is 15. The number of hydrogen-bond acceptors (Lipinski definition) is 5. The monoisotopic (exact) mass is 491 g/mol. The number of carbonyl (C=O) groups is 1. The fourth-order valence-corrected chi connectivity index (χ4v) is 4.46. The average molecular weight is 492 g/mol. The number of amides is 1. The minimum atomic E-state index is -0.442. The summed E-state index contributed by atoms with van der Waals surface area (Å²) in [5, 5.41) is 13.7. The van der Waals surface area contributed by atoms with Crippen molar-refractivity contribution in [3.8, 4) is 11.5 Å². The van der Waals surface area contributed by atoms with Gasteiger partial charge in [0, 0.05) is 37.3 Å². The van der Waals surface area contributed by atoms with Gasteiger partial charge in [0.25, 0.3) is 5.91 Å². The number of nitrogens with one attached hydrogen (secondary N) is 1. The van der Waals surface area contributed by atoms with Gasteiger partial charge >= 0.3 is 0 Å². The van der Waals surface area contributed by atoms with Crippen molar-refractivity contribution in [2.45, 2.75) is 57.7 Å². The molecule has 1 saturated carbocycles. The smallest absolute Gasteiger partial charge is 0.250 e. The lowest BCUT2D eigenvalue weighted by atomic mass is 10.0. The first-order valence-electron chi connectivity index (χ1n) is 12.8. The predicted octanol–water partition coefficient (Wildman–Crippen LogP) is 3.99. The third-order valence-corrected chi connectivity index (χ3v) is 6.34. The zero-order valence-corrected chi connectivity index (χ0v) is 21.0. The molecule has 0 spiro atoms. The number of ether oxygens (including phenoxy) is 2. The van der Waals surface area contributed by atoms with E-state index >= 15 is 0 Å². The lowest BCUT2D eigenvalue weighted by molar-refractivity contribution is 0.100. The summed E-state index contributed by atoms with van der Waals surface area (Å²) in [6, 6.07) is 12.3. The van der Waals surface area contributed by atoms with E-state index in [0.717, 1.165) is 59.2 Å². The van der Waals surface area contributed by atoms with Crippen LogP contribution in [-0.2, 0) is 19.4 Å². The van der Waals surface area contributed by atoms with Gasteiger partial charge in [0.1, 0.15) is 6.61 Å². The predicted molar refractivity (Wildman–Crippen MR) is 143 cm³/mol. The number of aromatic nitrogens is 1. The van der Waals surface area contributed by atoms with Crippen molar-refractivity contribution in [2.24, 2.45) is 5.73 Å². The first-order valence-corrected chi connectivity index (χ1v) is 12.8. The maximum atomic E-state index is 12.2. The second-order valence-corrected chi connectivity index (χ2v) is 9.53. The molecule has 0 aliphatic heterocycles. The highest BCUT2D eigenvalue weighted by atomic mass is 16.5. The Balaban J connectivity index is 1.34. The molecule has 1 aromatic heterocycles. The molecule has 1 amide bonds. The number of nitrogens with zero attached hydrogens (tertiary/aromatic N) is 1. The van der Waals surface area contributed by atoms with E-state index < -0.39 is 5.91 Å². The number of allylic oxidation sites excluding steroid dienone is 1. The summed E-state index contributed by atoms with van der Waals surface area (Å²) in [4.78, 5) is 12.2. The van der Waals surface area contributed by atoms with Crippen molar-refractivity contribution in [3.63, 3.8) is 0 Å². The minimum Gasteiger partial charge on any atom is -0.488 e. The van der Waals surface area contributed by atoms with Gasteiger partial charge < -0.3 is 30.2 Å². The summed E-state index contributed by atoms with van der Waals surface area (Å²) in [5.41, 5.74) is 9.28. The molecular weight excluding hydrogens is 454 g/mol. The third kappa shape index (κ3) is 6.68. The molecule has 1 unspecified atom stereocenters. The Labute approximate surface area is 212 Å². The zero-order chi connectivity index (χ0) is 25.5. The number of hydrogen-bond donors (Lipinski definition) is 3. The first kappa shape index (κ1) is 25.8. The summed E-state index contributed by atoms with van der Waals surface area (Å²) in [7, 11) is 0. The summed E-state index contributed by atoms with van der Waals surface area (Å²) in [6.45, 7) is 7.88. The molecule has 192 valence electrons. The fourth-order valence-electron chi connectivity index (χ4n) is 4.46. The normalized spacial score (nSPS) is 14.1. The van der Waals surface area contributed by atoms with Crippen molar-refractivity contribution in [2.75, 3.05) is 19.8 Å². The fraction of sp³-hybridized carbons (Fsp3) is 0.414. The highest BCUT2D eigenvalue weighted by molar-refractivity contribution is 6.05. The number of aliphatic hydroxyl groups is 1. The van der Waals surface area contributed by atoms with Gasteiger partial charge in [-0.15, -0.1) is 6.58 Å². The highest BCUT2D eigenvalue weighted by Crippen LogP contribution is 2.34. The lowest BCUT2D eigenvalue weighted by Gasteiger charge is -2.17. The van der Waals surface area contributed by atoms with Crippen LogP contribution in [0, 0.1) is 0 Å². The molecule has 2 aromatic carbocycles. The molecule has 0 bridgehead atoms. The lowest BCUT2D eigenvalue weighted by Crippen LogP contribution is -2.32. The van der Waals surface area contributed by atoms with Gasteiger partial charge in [-0.1, -0.05) is 12.1 Å². The molecule has 0 saturated heterocycles. The van der Waals surface area contributed by atoms with E-state index in [9.17, 15) is 4.79 Å². The van der Waals surface area contributed by atoms with Gasteiger partial charge in [0.15, 0.2) is 11.5 Å². The SMILES string of the molecule is C=CCc1ccc(OCCNC(C)Cc2cc(C(N)=O)c3c(ccn3CCCO)c2)c(OC2CC2)c1. The Morgan fingerprint density at radius 2 is 2.08 bits per heavy atom. The van der Waals surface area contributed by atoms with Gasteiger partial charge in [-0.05, 0) is 80.5 Å². The van der Waals surface area contributed by atoms with E-state index in [1.807, 2.05) is 35.0 Å². The van der Waals surface area contributed by atoms with E-state index in [4.69, 9.17) is 20.3 Å². The molecule has 1 fully saturated rings. The Hall–Kier alpha value is -3.29. The Morgan fingerprint density at radius 3 is 2.81 bits per heavy atom. The molecule has 4 N–H and O–H groups in total.